The molecular weight excluding hydrogens is 382 g/mol. The molecule has 0 fully saturated rings. The van der Waals surface area contributed by atoms with Crippen LogP contribution in [0.4, 0.5) is 10.5 Å². The van der Waals surface area contributed by atoms with Crippen LogP contribution in [0.25, 0.3) is 0 Å². The van der Waals surface area contributed by atoms with Crippen LogP contribution in [0.1, 0.15) is 26.3 Å². The number of nitrogens with zero attached hydrogens (tertiary/aromatic N) is 1. The zero-order chi connectivity index (χ0) is 21.1. The van der Waals surface area contributed by atoms with Crippen LogP contribution in [0.15, 0.2) is 78.9 Å². The van der Waals surface area contributed by atoms with E-state index < -0.39 is 24.0 Å². The molecule has 3 aromatic carbocycles. The van der Waals surface area contributed by atoms with E-state index in [4.69, 9.17) is 0 Å². The van der Waals surface area contributed by atoms with Gasteiger partial charge in [0.25, 0.3) is 11.8 Å². The highest BCUT2D eigenvalue weighted by molar-refractivity contribution is 6.21. The predicted octanol–water partition coefficient (Wildman–Crippen LogP) is 3.38. The summed E-state index contributed by atoms with van der Waals surface area (Å²) < 4.78 is 0. The molecule has 3 N–H and O–H groups in total. The van der Waals surface area contributed by atoms with Gasteiger partial charge in [-0.2, -0.15) is 0 Å². The Morgan fingerprint density at radius 2 is 1.40 bits per heavy atom. The zero-order valence-corrected chi connectivity index (χ0v) is 15.9. The lowest BCUT2D eigenvalue weighted by Gasteiger charge is -2.27. The highest BCUT2D eigenvalue weighted by Gasteiger charge is 2.40. The molecule has 0 saturated heterocycles. The molecule has 1 aliphatic rings. The monoisotopic (exact) mass is 401 g/mol. The Bertz CT molecular complexity index is 1080. The van der Waals surface area contributed by atoms with Crippen molar-refractivity contribution in [3.8, 4) is 5.75 Å². The number of nitrogens with one attached hydrogen (secondary N) is 2. The lowest BCUT2D eigenvalue weighted by atomic mass is 10.1. The van der Waals surface area contributed by atoms with Crippen molar-refractivity contribution >= 4 is 23.5 Å². The number of hydrogen-bond donors (Lipinski definition) is 3. The molecule has 0 bridgehead atoms. The average molecular weight is 401 g/mol. The molecule has 0 aromatic heterocycles. The van der Waals surface area contributed by atoms with E-state index in [9.17, 15) is 19.5 Å². The Morgan fingerprint density at radius 1 is 0.833 bits per heavy atom. The molecule has 150 valence electrons. The Hall–Kier alpha value is -4.13. The Morgan fingerprint density at radius 3 is 2.03 bits per heavy atom. The number of rotatable bonds is 5. The van der Waals surface area contributed by atoms with Crippen molar-refractivity contribution in [1.29, 1.82) is 0 Å². The summed E-state index contributed by atoms with van der Waals surface area (Å²) in [5.41, 5.74) is 1.68. The fraction of sp³-hybridized carbons (Fsp3) is 0.0870. The fourth-order valence-electron chi connectivity index (χ4n) is 3.42. The maximum Gasteiger partial charge on any atom is 0.320 e. The molecule has 1 heterocycles. The number of para-hydroxylation sites is 2. The second-order valence-corrected chi connectivity index (χ2v) is 6.85. The van der Waals surface area contributed by atoms with E-state index in [1.807, 2.05) is 30.3 Å². The number of carbonyl (C=O) groups is 3. The number of carbonyl (C=O) groups excluding carboxylic acids is 3. The SMILES string of the molecule is O=C(Nc1ccccc1O)NC(Cc1ccccc1)N1C(=O)c2ccccc2C1=O. The van der Waals surface area contributed by atoms with Gasteiger partial charge in [0.2, 0.25) is 0 Å². The smallest absolute Gasteiger partial charge is 0.320 e. The van der Waals surface area contributed by atoms with Crippen LogP contribution in [0.3, 0.4) is 0 Å². The standard InChI is InChI=1S/C23H19N3O4/c27-19-13-7-6-12-18(19)24-23(30)25-20(14-15-8-2-1-3-9-15)26-21(28)16-10-4-5-11-17(16)22(26)29/h1-13,20,27H,14H2,(H2,24,25,30). The molecule has 0 spiro atoms. The third-order valence-corrected chi connectivity index (χ3v) is 4.86. The zero-order valence-electron chi connectivity index (χ0n) is 15.9. The average Bonchev–Trinajstić information content (AvgIpc) is 3.01. The van der Waals surface area contributed by atoms with Crippen molar-refractivity contribution in [3.63, 3.8) is 0 Å². The molecule has 7 heteroatoms. The van der Waals surface area contributed by atoms with E-state index in [0.29, 0.717) is 11.1 Å². The van der Waals surface area contributed by atoms with Gasteiger partial charge < -0.3 is 15.7 Å². The molecule has 0 aliphatic carbocycles. The van der Waals surface area contributed by atoms with E-state index in [1.54, 1.807) is 42.5 Å². The highest BCUT2D eigenvalue weighted by Crippen LogP contribution is 2.26. The third kappa shape index (κ3) is 3.73. The van der Waals surface area contributed by atoms with Crippen molar-refractivity contribution in [2.45, 2.75) is 12.6 Å². The van der Waals surface area contributed by atoms with Crippen LogP contribution < -0.4 is 10.6 Å². The van der Waals surface area contributed by atoms with Crippen LogP contribution in [0, 0.1) is 0 Å². The second kappa shape index (κ2) is 8.08. The molecular formula is C23H19N3O4. The number of hydrogen-bond acceptors (Lipinski definition) is 4. The Kier molecular flexibility index (Phi) is 5.17. The van der Waals surface area contributed by atoms with Crippen LogP contribution in [0.2, 0.25) is 0 Å². The molecule has 1 aliphatic heterocycles. The van der Waals surface area contributed by atoms with Crippen molar-refractivity contribution in [2.24, 2.45) is 0 Å². The number of urea groups is 1. The fourth-order valence-corrected chi connectivity index (χ4v) is 3.42. The quantitative estimate of drug-likeness (QED) is 0.451. The second-order valence-electron chi connectivity index (χ2n) is 6.85. The number of imide groups is 1. The predicted molar refractivity (Wildman–Crippen MR) is 111 cm³/mol. The third-order valence-electron chi connectivity index (χ3n) is 4.86. The molecule has 3 aromatic rings. The summed E-state index contributed by atoms with van der Waals surface area (Å²) >= 11 is 0. The van der Waals surface area contributed by atoms with Gasteiger partial charge in [-0.1, -0.05) is 54.6 Å². The maximum absolute atomic E-state index is 12.9. The first-order chi connectivity index (χ1) is 14.5. The summed E-state index contributed by atoms with van der Waals surface area (Å²) in [6, 6.07) is 21.5. The van der Waals surface area contributed by atoms with Crippen LogP contribution in [-0.4, -0.2) is 34.0 Å². The number of aromatic hydroxyl groups is 1. The molecule has 4 amide bonds. The lowest BCUT2D eigenvalue weighted by molar-refractivity contribution is 0.0565. The van der Waals surface area contributed by atoms with E-state index in [0.717, 1.165) is 10.5 Å². The first-order valence-electron chi connectivity index (χ1n) is 9.41. The van der Waals surface area contributed by atoms with Crippen molar-refractivity contribution in [3.05, 3.63) is 95.6 Å². The first-order valence-corrected chi connectivity index (χ1v) is 9.41. The van der Waals surface area contributed by atoms with Crippen LogP contribution >= 0.6 is 0 Å². The van der Waals surface area contributed by atoms with E-state index in [1.165, 1.54) is 6.07 Å². The maximum atomic E-state index is 12.9. The summed E-state index contributed by atoms with van der Waals surface area (Å²) in [5.74, 6) is -1.01. The van der Waals surface area contributed by atoms with Crippen LogP contribution in [0.5, 0.6) is 5.75 Å². The van der Waals surface area contributed by atoms with Crippen molar-refractivity contribution in [1.82, 2.24) is 10.2 Å². The van der Waals surface area contributed by atoms with E-state index in [-0.39, 0.29) is 17.9 Å². The van der Waals surface area contributed by atoms with Gasteiger partial charge in [-0.15, -0.1) is 0 Å². The normalized spacial score (nSPS) is 13.7. The minimum atomic E-state index is -0.911. The summed E-state index contributed by atoms with van der Waals surface area (Å²) in [4.78, 5) is 39.5. The molecule has 1 atom stereocenters. The number of anilines is 1. The Labute approximate surface area is 173 Å². The van der Waals surface area contributed by atoms with Gasteiger partial charge in [-0.05, 0) is 29.8 Å². The topological polar surface area (TPSA) is 98.7 Å². The number of benzene rings is 3. The lowest BCUT2D eigenvalue weighted by Crippen LogP contribution is -2.53. The van der Waals surface area contributed by atoms with Crippen molar-refractivity contribution in [2.75, 3.05) is 5.32 Å². The van der Waals surface area contributed by atoms with Gasteiger partial charge in [-0.25, -0.2) is 4.79 Å². The van der Waals surface area contributed by atoms with Gasteiger partial charge in [-0.3, -0.25) is 14.5 Å². The molecule has 4 rings (SSSR count). The van der Waals surface area contributed by atoms with E-state index in [2.05, 4.69) is 10.6 Å². The number of phenolic OH excluding ortho intramolecular Hbond substituents is 1. The largest absolute Gasteiger partial charge is 0.506 e. The minimum absolute atomic E-state index is 0.0898. The van der Waals surface area contributed by atoms with E-state index >= 15 is 0 Å². The summed E-state index contributed by atoms with van der Waals surface area (Å²) in [5, 5.41) is 15.1. The summed E-state index contributed by atoms with van der Waals surface area (Å²) in [6.45, 7) is 0. The molecule has 0 saturated carbocycles. The molecule has 0 radical (unpaired) electrons. The van der Waals surface area contributed by atoms with Crippen LogP contribution in [-0.2, 0) is 6.42 Å². The Balaban J connectivity index is 1.60. The highest BCUT2D eigenvalue weighted by atomic mass is 16.3. The van der Waals surface area contributed by atoms with Gasteiger partial charge in [0, 0.05) is 6.42 Å². The summed E-state index contributed by atoms with van der Waals surface area (Å²) in [7, 11) is 0. The molecule has 1 unspecified atom stereocenters. The first kappa shape index (κ1) is 19.2. The van der Waals surface area contributed by atoms with Gasteiger partial charge in [0.1, 0.15) is 11.9 Å². The van der Waals surface area contributed by atoms with Gasteiger partial charge in [0.05, 0.1) is 16.8 Å². The van der Waals surface area contributed by atoms with Gasteiger partial charge in [0.15, 0.2) is 0 Å². The summed E-state index contributed by atoms with van der Waals surface area (Å²) in [6.07, 6.45) is -0.675. The molecule has 7 nitrogen and oxygen atoms in total. The number of amides is 4. The number of phenols is 1. The molecule has 30 heavy (non-hydrogen) atoms. The number of fused-ring (bicyclic) bond motifs is 1. The van der Waals surface area contributed by atoms with Crippen molar-refractivity contribution < 1.29 is 19.5 Å². The van der Waals surface area contributed by atoms with Gasteiger partial charge >= 0.3 is 6.03 Å². The minimum Gasteiger partial charge on any atom is -0.506 e.